The van der Waals surface area contributed by atoms with Gasteiger partial charge in [0.1, 0.15) is 10.6 Å². The number of ether oxygens (including phenoxy) is 1. The smallest absolute Gasteiger partial charge is 0.280 e. The number of nitrogens with zero attached hydrogens (tertiary/aromatic N) is 1. The summed E-state index contributed by atoms with van der Waals surface area (Å²) in [6, 6.07) is 3.79. The van der Waals surface area contributed by atoms with Gasteiger partial charge < -0.3 is 16.2 Å². The predicted molar refractivity (Wildman–Crippen MR) is 78.3 cm³/mol. The molecule has 21 heavy (non-hydrogen) atoms. The molecular weight excluding hydrogens is 296 g/mol. The van der Waals surface area contributed by atoms with Crippen LogP contribution < -0.4 is 21.3 Å². The van der Waals surface area contributed by atoms with Crippen LogP contribution in [0.2, 0.25) is 0 Å². The van der Waals surface area contributed by atoms with Crippen LogP contribution in [-0.4, -0.2) is 26.9 Å². The molecule has 0 radical (unpaired) electrons. The second-order valence-corrected chi connectivity index (χ2v) is 6.28. The number of carbonyl (C=O) groups is 1. The lowest BCUT2D eigenvalue weighted by atomic mass is 10.2. The maximum atomic E-state index is 11.7. The third-order valence-electron chi connectivity index (χ3n) is 2.30. The molecule has 116 valence electrons. The van der Waals surface area contributed by atoms with E-state index in [1.165, 1.54) is 12.1 Å². The van der Waals surface area contributed by atoms with Gasteiger partial charge in [-0.25, -0.2) is 13.6 Å². The second kappa shape index (κ2) is 6.55. The Labute approximate surface area is 123 Å². The number of aliphatic imine (C=N–C) groups is 1. The fourth-order valence-electron chi connectivity index (χ4n) is 1.42. The predicted octanol–water partition coefficient (Wildman–Crippen LogP) is -0.218. The van der Waals surface area contributed by atoms with Gasteiger partial charge in [0, 0.05) is 5.56 Å². The molecule has 0 saturated heterocycles. The van der Waals surface area contributed by atoms with Crippen molar-refractivity contribution >= 4 is 21.9 Å². The van der Waals surface area contributed by atoms with Crippen molar-refractivity contribution in [1.29, 1.82) is 0 Å². The first-order chi connectivity index (χ1) is 9.61. The summed E-state index contributed by atoms with van der Waals surface area (Å²) in [5.74, 6) is -0.915. The Morgan fingerprint density at radius 1 is 1.33 bits per heavy atom. The minimum absolute atomic E-state index is 0.00989. The Balaban J connectivity index is 3.26. The van der Waals surface area contributed by atoms with Crippen LogP contribution >= 0.6 is 0 Å². The Morgan fingerprint density at radius 2 is 1.95 bits per heavy atom. The van der Waals surface area contributed by atoms with E-state index in [0.717, 1.165) is 6.07 Å². The van der Waals surface area contributed by atoms with Crippen LogP contribution in [0.3, 0.4) is 0 Å². The minimum atomic E-state index is -4.05. The molecule has 0 saturated carbocycles. The van der Waals surface area contributed by atoms with Crippen LogP contribution in [0.25, 0.3) is 0 Å². The van der Waals surface area contributed by atoms with Crippen molar-refractivity contribution in [3.8, 4) is 5.75 Å². The highest BCUT2D eigenvalue weighted by molar-refractivity contribution is 7.89. The van der Waals surface area contributed by atoms with Crippen LogP contribution in [0.4, 0.5) is 0 Å². The lowest BCUT2D eigenvalue weighted by molar-refractivity contribution is 0.100. The van der Waals surface area contributed by atoms with E-state index in [4.69, 9.17) is 21.3 Å². The lowest BCUT2D eigenvalue weighted by Crippen LogP contribution is -2.24. The summed E-state index contributed by atoms with van der Waals surface area (Å²) in [5.41, 5.74) is 10.2. The summed E-state index contributed by atoms with van der Waals surface area (Å²) in [7, 11) is -4.05. The van der Waals surface area contributed by atoms with E-state index >= 15 is 0 Å². The minimum Gasteiger partial charge on any atom is -0.492 e. The maximum Gasteiger partial charge on any atom is 0.280 e. The van der Waals surface area contributed by atoms with Gasteiger partial charge in [-0.15, -0.1) is 0 Å². The zero-order valence-corrected chi connectivity index (χ0v) is 12.6. The molecule has 0 spiro atoms. The Hall–Kier alpha value is -2.13. The fraction of sp³-hybridized carbons (Fsp3) is 0.333. The van der Waals surface area contributed by atoms with Gasteiger partial charge in [0.15, 0.2) is 5.96 Å². The van der Waals surface area contributed by atoms with Crippen molar-refractivity contribution in [3.63, 3.8) is 0 Å². The third-order valence-corrected chi connectivity index (χ3v) is 3.23. The molecule has 9 heteroatoms. The summed E-state index contributed by atoms with van der Waals surface area (Å²) in [4.78, 5) is 14.7. The highest BCUT2D eigenvalue weighted by Crippen LogP contribution is 2.25. The van der Waals surface area contributed by atoms with Gasteiger partial charge >= 0.3 is 0 Å². The number of hydrogen-bond acceptors (Lipinski definition) is 4. The molecule has 8 nitrogen and oxygen atoms in total. The topological polar surface area (TPSA) is 151 Å². The number of carbonyl (C=O) groups excluding carboxylic acids is 1. The summed E-state index contributed by atoms with van der Waals surface area (Å²) in [6.45, 7) is 4.13. The SMILES string of the molecule is CC(C)COc1ccc(C(=O)N=C(N)N)cc1S(N)(=O)=O. The monoisotopic (exact) mass is 314 g/mol. The summed E-state index contributed by atoms with van der Waals surface area (Å²) in [6.07, 6.45) is 0. The second-order valence-electron chi connectivity index (χ2n) is 4.75. The maximum absolute atomic E-state index is 11.7. The van der Waals surface area contributed by atoms with Crippen molar-refractivity contribution < 1.29 is 17.9 Å². The van der Waals surface area contributed by atoms with Gasteiger partial charge in [-0.3, -0.25) is 4.79 Å². The van der Waals surface area contributed by atoms with Crippen LogP contribution in [0, 0.1) is 5.92 Å². The van der Waals surface area contributed by atoms with Crippen LogP contribution in [0.1, 0.15) is 24.2 Å². The molecule has 1 amide bonds. The van der Waals surface area contributed by atoms with Gasteiger partial charge in [0.05, 0.1) is 6.61 Å². The number of benzene rings is 1. The molecule has 0 aliphatic heterocycles. The van der Waals surface area contributed by atoms with E-state index < -0.39 is 21.9 Å². The quantitative estimate of drug-likeness (QED) is 0.505. The molecule has 0 heterocycles. The highest BCUT2D eigenvalue weighted by Gasteiger charge is 2.18. The van der Waals surface area contributed by atoms with Crippen LogP contribution in [0.5, 0.6) is 5.75 Å². The van der Waals surface area contributed by atoms with Gasteiger partial charge in [-0.2, -0.15) is 4.99 Å². The molecule has 1 aromatic carbocycles. The van der Waals surface area contributed by atoms with Gasteiger partial charge in [-0.1, -0.05) is 13.8 Å². The first kappa shape index (κ1) is 16.9. The number of hydrogen-bond donors (Lipinski definition) is 3. The number of sulfonamides is 1. The molecule has 0 aromatic heterocycles. The number of nitrogens with two attached hydrogens (primary N) is 3. The van der Waals surface area contributed by atoms with Gasteiger partial charge in [-0.05, 0) is 24.1 Å². The van der Waals surface area contributed by atoms with Crippen molar-refractivity contribution in [2.24, 2.45) is 27.5 Å². The molecule has 0 atom stereocenters. The Kier molecular flexibility index (Phi) is 5.28. The number of guanidine groups is 1. The molecule has 6 N–H and O–H groups in total. The van der Waals surface area contributed by atoms with Crippen LogP contribution in [0.15, 0.2) is 28.1 Å². The Morgan fingerprint density at radius 3 is 2.43 bits per heavy atom. The van der Waals surface area contributed by atoms with Crippen LogP contribution in [-0.2, 0) is 10.0 Å². The normalized spacial score (nSPS) is 11.2. The van der Waals surface area contributed by atoms with Gasteiger partial charge in [0.25, 0.3) is 5.91 Å². The van der Waals surface area contributed by atoms with E-state index in [0.29, 0.717) is 6.61 Å². The first-order valence-corrected chi connectivity index (χ1v) is 7.59. The summed E-state index contributed by atoms with van der Waals surface area (Å²) in [5, 5.41) is 5.13. The zero-order chi connectivity index (χ0) is 16.2. The molecule has 0 bridgehead atoms. The molecule has 1 aromatic rings. The standard InChI is InChI=1S/C12H18N4O4S/c1-7(2)6-20-9-4-3-8(11(17)16-12(13)14)5-10(9)21(15,18)19/h3-5,7H,6H2,1-2H3,(H2,15,18,19)(H4,13,14,16,17). The number of amides is 1. The summed E-state index contributed by atoms with van der Waals surface area (Å²) < 4.78 is 28.6. The molecule has 0 unspecified atom stereocenters. The molecule has 0 fully saturated rings. The average molecular weight is 314 g/mol. The van der Waals surface area contributed by atoms with E-state index in [-0.39, 0.29) is 22.1 Å². The Bertz CT molecular complexity index is 664. The molecular formula is C12H18N4O4S. The molecule has 0 aliphatic carbocycles. The van der Waals surface area contributed by atoms with Crippen molar-refractivity contribution in [1.82, 2.24) is 0 Å². The number of primary sulfonamides is 1. The average Bonchev–Trinajstić information content (AvgIpc) is 2.34. The lowest BCUT2D eigenvalue weighted by Gasteiger charge is -2.12. The highest BCUT2D eigenvalue weighted by atomic mass is 32.2. The fourth-order valence-corrected chi connectivity index (χ4v) is 2.12. The van der Waals surface area contributed by atoms with Crippen molar-refractivity contribution in [2.75, 3.05) is 6.61 Å². The van der Waals surface area contributed by atoms with E-state index in [2.05, 4.69) is 4.99 Å². The number of rotatable bonds is 5. The van der Waals surface area contributed by atoms with Crippen molar-refractivity contribution in [2.45, 2.75) is 18.7 Å². The van der Waals surface area contributed by atoms with E-state index in [9.17, 15) is 13.2 Å². The first-order valence-electron chi connectivity index (χ1n) is 6.05. The van der Waals surface area contributed by atoms with E-state index in [1.54, 1.807) is 0 Å². The largest absolute Gasteiger partial charge is 0.492 e. The van der Waals surface area contributed by atoms with Gasteiger partial charge in [0.2, 0.25) is 10.0 Å². The molecule has 0 aliphatic rings. The zero-order valence-electron chi connectivity index (χ0n) is 11.7. The third kappa shape index (κ3) is 5.04. The van der Waals surface area contributed by atoms with E-state index in [1.807, 2.05) is 13.8 Å². The summed E-state index contributed by atoms with van der Waals surface area (Å²) >= 11 is 0. The molecule has 1 rings (SSSR count). The van der Waals surface area contributed by atoms with Crippen molar-refractivity contribution in [3.05, 3.63) is 23.8 Å².